The van der Waals surface area contributed by atoms with Gasteiger partial charge < -0.3 is 15.0 Å². The average Bonchev–Trinajstić information content (AvgIpc) is 3.05. The van der Waals surface area contributed by atoms with Crippen molar-refractivity contribution in [3.63, 3.8) is 0 Å². The molecule has 0 aliphatic carbocycles. The summed E-state index contributed by atoms with van der Waals surface area (Å²) in [7, 11) is -2.49. The van der Waals surface area contributed by atoms with Crippen LogP contribution in [0.2, 0.25) is 0 Å². The highest BCUT2D eigenvalue weighted by Gasteiger charge is 2.41. The molecule has 1 aliphatic heterocycles. The van der Waals surface area contributed by atoms with E-state index in [1.54, 1.807) is 37.3 Å². The van der Waals surface area contributed by atoms with E-state index < -0.39 is 27.9 Å². The van der Waals surface area contributed by atoms with Crippen LogP contribution in [-0.2, 0) is 26.2 Å². The summed E-state index contributed by atoms with van der Waals surface area (Å²) >= 11 is 0. The first-order chi connectivity index (χ1) is 16.6. The Hall–Kier alpha value is -3.40. The third kappa shape index (κ3) is 5.64. The molecule has 0 bridgehead atoms. The number of carbonyl (C=O) groups excluding carboxylic acids is 3. The number of sulfonamides is 1. The van der Waals surface area contributed by atoms with Gasteiger partial charge in [0.1, 0.15) is 16.7 Å². The van der Waals surface area contributed by atoms with E-state index in [1.165, 1.54) is 24.1 Å². The van der Waals surface area contributed by atoms with Crippen molar-refractivity contribution in [2.75, 3.05) is 13.7 Å². The molecule has 0 radical (unpaired) electrons. The zero-order valence-corrected chi connectivity index (χ0v) is 21.2. The number of rotatable bonds is 10. The maximum absolute atomic E-state index is 13.3. The molecule has 0 saturated carbocycles. The molecule has 2 aromatic carbocycles. The minimum Gasteiger partial charge on any atom is -0.497 e. The second kappa shape index (κ2) is 10.9. The first kappa shape index (κ1) is 26.2. The summed E-state index contributed by atoms with van der Waals surface area (Å²) in [5.74, 6) is -0.806. The van der Waals surface area contributed by atoms with E-state index in [0.717, 1.165) is 16.3 Å². The number of benzene rings is 2. The summed E-state index contributed by atoms with van der Waals surface area (Å²) in [4.78, 5) is 40.2. The Morgan fingerprint density at radius 1 is 1.11 bits per heavy atom. The van der Waals surface area contributed by atoms with Gasteiger partial charge in [0.2, 0.25) is 11.8 Å². The fourth-order valence-electron chi connectivity index (χ4n) is 3.81. The van der Waals surface area contributed by atoms with Gasteiger partial charge in [-0.25, -0.2) is 12.7 Å². The molecule has 9 nitrogen and oxygen atoms in total. The van der Waals surface area contributed by atoms with Crippen LogP contribution in [0, 0.1) is 0 Å². The monoisotopic (exact) mass is 501 g/mol. The van der Waals surface area contributed by atoms with Crippen molar-refractivity contribution in [1.82, 2.24) is 14.5 Å². The quantitative estimate of drug-likeness (QED) is 0.535. The Bertz CT molecular complexity index is 1210. The average molecular weight is 502 g/mol. The van der Waals surface area contributed by atoms with Crippen LogP contribution in [0.5, 0.6) is 5.75 Å². The number of hydrogen-bond donors (Lipinski definition) is 1. The minimum absolute atomic E-state index is 0.0630. The van der Waals surface area contributed by atoms with Crippen LogP contribution in [0.15, 0.2) is 53.4 Å². The summed E-state index contributed by atoms with van der Waals surface area (Å²) in [6.45, 7) is 5.25. The predicted molar refractivity (Wildman–Crippen MR) is 130 cm³/mol. The largest absolute Gasteiger partial charge is 0.497 e. The van der Waals surface area contributed by atoms with Crippen LogP contribution >= 0.6 is 0 Å². The van der Waals surface area contributed by atoms with Gasteiger partial charge in [0.15, 0.2) is 0 Å². The molecule has 2 atom stereocenters. The number of amides is 3. The van der Waals surface area contributed by atoms with Crippen molar-refractivity contribution in [3.8, 4) is 5.75 Å². The Kier molecular flexibility index (Phi) is 8.16. The van der Waals surface area contributed by atoms with Crippen molar-refractivity contribution >= 4 is 27.7 Å². The van der Waals surface area contributed by atoms with Gasteiger partial charge in [-0.1, -0.05) is 31.2 Å². The molecule has 1 heterocycles. The van der Waals surface area contributed by atoms with Crippen LogP contribution in [-0.4, -0.2) is 61.1 Å². The van der Waals surface area contributed by atoms with Crippen molar-refractivity contribution in [3.05, 3.63) is 59.7 Å². The summed E-state index contributed by atoms with van der Waals surface area (Å²) in [6, 6.07) is 12.2. The fraction of sp³-hybridized carbons (Fsp3) is 0.400. The van der Waals surface area contributed by atoms with Crippen molar-refractivity contribution in [2.24, 2.45) is 0 Å². The van der Waals surface area contributed by atoms with Gasteiger partial charge in [0, 0.05) is 25.6 Å². The number of carbonyl (C=O) groups is 3. The van der Waals surface area contributed by atoms with Gasteiger partial charge in [-0.2, -0.15) is 0 Å². The molecule has 0 spiro atoms. The molecule has 35 heavy (non-hydrogen) atoms. The first-order valence-corrected chi connectivity index (χ1v) is 12.9. The SMILES string of the molecule is CC[C@H](C)NC(=O)[C@@H](C)N(Cc1cccc(OC)c1)C(=O)CCN1C(=O)c2ccccc2S1(=O)=O. The van der Waals surface area contributed by atoms with E-state index in [-0.39, 0.29) is 41.9 Å². The lowest BCUT2D eigenvalue weighted by Crippen LogP contribution is -2.50. The third-order valence-corrected chi connectivity index (χ3v) is 7.94. The summed E-state index contributed by atoms with van der Waals surface area (Å²) in [5, 5.41) is 2.88. The smallest absolute Gasteiger partial charge is 0.269 e. The van der Waals surface area contributed by atoms with Crippen molar-refractivity contribution in [1.29, 1.82) is 0 Å². The van der Waals surface area contributed by atoms with Gasteiger partial charge in [0.25, 0.3) is 15.9 Å². The lowest BCUT2D eigenvalue weighted by Gasteiger charge is -2.30. The fourth-order valence-corrected chi connectivity index (χ4v) is 5.38. The van der Waals surface area contributed by atoms with E-state index in [4.69, 9.17) is 4.74 Å². The maximum Gasteiger partial charge on any atom is 0.269 e. The van der Waals surface area contributed by atoms with Crippen LogP contribution in [0.1, 0.15) is 49.5 Å². The van der Waals surface area contributed by atoms with Crippen LogP contribution < -0.4 is 10.1 Å². The second-order valence-electron chi connectivity index (χ2n) is 8.50. The summed E-state index contributed by atoms with van der Waals surface area (Å²) in [6.07, 6.45) is 0.474. The topological polar surface area (TPSA) is 113 Å². The summed E-state index contributed by atoms with van der Waals surface area (Å²) < 4.78 is 31.7. The van der Waals surface area contributed by atoms with E-state index in [0.29, 0.717) is 5.75 Å². The van der Waals surface area contributed by atoms with Crippen molar-refractivity contribution in [2.45, 2.75) is 57.1 Å². The molecule has 0 aromatic heterocycles. The molecule has 0 fully saturated rings. The lowest BCUT2D eigenvalue weighted by molar-refractivity contribution is -0.140. The molecule has 0 saturated heterocycles. The Labute approximate surface area is 206 Å². The molecule has 188 valence electrons. The Morgan fingerprint density at radius 2 is 1.83 bits per heavy atom. The van der Waals surface area contributed by atoms with Gasteiger partial charge in [-0.05, 0) is 50.1 Å². The Morgan fingerprint density at radius 3 is 2.49 bits per heavy atom. The number of hydrogen-bond acceptors (Lipinski definition) is 6. The Balaban J connectivity index is 1.81. The molecule has 3 rings (SSSR count). The molecule has 1 N–H and O–H groups in total. The molecular weight excluding hydrogens is 470 g/mol. The van der Waals surface area contributed by atoms with Gasteiger partial charge in [-0.3, -0.25) is 14.4 Å². The number of fused-ring (bicyclic) bond motifs is 1. The van der Waals surface area contributed by atoms with E-state index >= 15 is 0 Å². The highest BCUT2D eigenvalue weighted by Crippen LogP contribution is 2.30. The highest BCUT2D eigenvalue weighted by atomic mass is 32.2. The maximum atomic E-state index is 13.3. The number of ether oxygens (including phenoxy) is 1. The molecular formula is C25H31N3O6S. The minimum atomic E-state index is -4.02. The highest BCUT2D eigenvalue weighted by molar-refractivity contribution is 7.90. The van der Waals surface area contributed by atoms with Crippen LogP contribution in [0.25, 0.3) is 0 Å². The predicted octanol–water partition coefficient (Wildman–Crippen LogP) is 2.56. The van der Waals surface area contributed by atoms with Gasteiger partial charge >= 0.3 is 0 Å². The first-order valence-electron chi connectivity index (χ1n) is 11.5. The number of nitrogens with zero attached hydrogens (tertiary/aromatic N) is 2. The van der Waals surface area contributed by atoms with Gasteiger partial charge in [0.05, 0.1) is 12.7 Å². The van der Waals surface area contributed by atoms with Crippen LogP contribution in [0.3, 0.4) is 0 Å². The standard InChI is InChI=1S/C25H31N3O6S/c1-5-17(2)26-24(30)18(3)27(16-19-9-8-10-20(15-19)34-4)23(29)13-14-28-25(31)21-11-6-7-12-22(21)35(28,32)33/h6-12,15,17-18H,5,13-14,16H2,1-4H3,(H,26,30)/t17-,18+/m0/s1. The van der Waals surface area contributed by atoms with E-state index in [9.17, 15) is 22.8 Å². The molecule has 1 aliphatic rings. The molecule has 0 unspecified atom stereocenters. The lowest BCUT2D eigenvalue weighted by atomic mass is 10.1. The number of nitrogens with one attached hydrogen (secondary N) is 1. The second-order valence-corrected chi connectivity index (χ2v) is 10.3. The molecule has 2 aromatic rings. The molecule has 10 heteroatoms. The van der Waals surface area contributed by atoms with Gasteiger partial charge in [-0.15, -0.1) is 0 Å². The third-order valence-electron chi connectivity index (χ3n) is 6.10. The number of methoxy groups -OCH3 is 1. The van der Waals surface area contributed by atoms with Crippen LogP contribution in [0.4, 0.5) is 0 Å². The normalized spacial score (nSPS) is 15.8. The van der Waals surface area contributed by atoms with E-state index in [1.807, 2.05) is 19.9 Å². The zero-order valence-electron chi connectivity index (χ0n) is 20.4. The van der Waals surface area contributed by atoms with E-state index in [2.05, 4.69) is 5.32 Å². The zero-order chi connectivity index (χ0) is 25.8. The summed E-state index contributed by atoms with van der Waals surface area (Å²) in [5.41, 5.74) is 0.840. The molecule has 3 amide bonds. The van der Waals surface area contributed by atoms with Crippen molar-refractivity contribution < 1.29 is 27.5 Å².